The second kappa shape index (κ2) is 13.3. The first-order chi connectivity index (χ1) is 8.27. The van der Waals surface area contributed by atoms with Crippen molar-refractivity contribution < 1.29 is 9.90 Å². The van der Waals surface area contributed by atoms with Crippen molar-refractivity contribution in [1.82, 2.24) is 0 Å². The maximum absolute atomic E-state index is 10.2. The second-order valence-electron chi connectivity index (χ2n) is 4.65. The molecule has 2 heteroatoms. The van der Waals surface area contributed by atoms with E-state index in [1.54, 1.807) is 0 Å². The first-order valence-corrected chi connectivity index (χ1v) is 7.12. The van der Waals surface area contributed by atoms with Crippen LogP contribution in [0.15, 0.2) is 12.2 Å². The summed E-state index contributed by atoms with van der Waals surface area (Å²) in [6, 6.07) is 0. The molecule has 0 saturated carbocycles. The third kappa shape index (κ3) is 15.2. The van der Waals surface area contributed by atoms with Crippen LogP contribution in [0.1, 0.15) is 77.6 Å². The molecule has 0 bridgehead atoms. The Balaban J connectivity index is 3.05. The number of aliphatic carboxylic acids is 1. The van der Waals surface area contributed by atoms with Crippen LogP contribution in [0.4, 0.5) is 0 Å². The van der Waals surface area contributed by atoms with Gasteiger partial charge in [0.25, 0.3) is 0 Å². The summed E-state index contributed by atoms with van der Waals surface area (Å²) in [5, 5.41) is 10.2. The number of carbonyl (C=O) groups excluding carboxylic acids is 1. The van der Waals surface area contributed by atoms with Crippen LogP contribution in [0, 0.1) is 0 Å². The van der Waals surface area contributed by atoms with Gasteiger partial charge in [-0.25, -0.2) is 0 Å². The Morgan fingerprint density at radius 1 is 0.882 bits per heavy atom. The van der Waals surface area contributed by atoms with E-state index >= 15 is 0 Å². The van der Waals surface area contributed by atoms with E-state index in [4.69, 9.17) is 0 Å². The van der Waals surface area contributed by atoms with Crippen LogP contribution in [-0.4, -0.2) is 5.97 Å². The lowest BCUT2D eigenvalue weighted by Crippen LogP contribution is -2.21. The molecular weight excluding hydrogens is 212 g/mol. The van der Waals surface area contributed by atoms with Crippen molar-refractivity contribution in [3.63, 3.8) is 0 Å². The summed E-state index contributed by atoms with van der Waals surface area (Å²) < 4.78 is 0. The molecule has 0 unspecified atom stereocenters. The number of rotatable bonds is 12. The highest BCUT2D eigenvalue weighted by atomic mass is 16.4. The summed E-state index contributed by atoms with van der Waals surface area (Å²) >= 11 is 0. The first-order valence-electron chi connectivity index (χ1n) is 7.12. The number of unbranched alkanes of at least 4 members (excludes halogenated alkanes) is 8. The van der Waals surface area contributed by atoms with Gasteiger partial charge in [-0.2, -0.15) is 0 Å². The topological polar surface area (TPSA) is 40.1 Å². The van der Waals surface area contributed by atoms with E-state index < -0.39 is 5.97 Å². The Morgan fingerprint density at radius 2 is 1.41 bits per heavy atom. The van der Waals surface area contributed by atoms with Gasteiger partial charge in [-0.05, 0) is 38.5 Å². The van der Waals surface area contributed by atoms with Crippen LogP contribution in [0.2, 0.25) is 0 Å². The van der Waals surface area contributed by atoms with Gasteiger partial charge in [0, 0.05) is 5.97 Å². The normalized spacial score (nSPS) is 11.1. The molecule has 2 nitrogen and oxygen atoms in total. The number of carboxylic acids is 1. The summed E-state index contributed by atoms with van der Waals surface area (Å²) in [7, 11) is 0. The maximum atomic E-state index is 10.2. The molecule has 0 aliphatic carbocycles. The van der Waals surface area contributed by atoms with Gasteiger partial charge < -0.3 is 9.90 Å². The van der Waals surface area contributed by atoms with Gasteiger partial charge in [0.1, 0.15) is 0 Å². The Hall–Kier alpha value is -0.790. The van der Waals surface area contributed by atoms with Crippen molar-refractivity contribution in [2.24, 2.45) is 0 Å². The summed E-state index contributed by atoms with van der Waals surface area (Å²) in [6.45, 7) is 2.23. The molecule has 100 valence electrons. The highest BCUT2D eigenvalue weighted by Gasteiger charge is 1.90. The zero-order valence-corrected chi connectivity index (χ0v) is 11.2. The lowest BCUT2D eigenvalue weighted by atomic mass is 10.1. The van der Waals surface area contributed by atoms with Gasteiger partial charge in [-0.3, -0.25) is 0 Å². The molecule has 0 fully saturated rings. The van der Waals surface area contributed by atoms with Crippen LogP contribution in [-0.2, 0) is 4.79 Å². The van der Waals surface area contributed by atoms with E-state index in [1.165, 1.54) is 44.9 Å². The highest BCUT2D eigenvalue weighted by molar-refractivity contribution is 5.63. The Kier molecular flexibility index (Phi) is 12.7. The Labute approximate surface area is 106 Å². The molecule has 0 aliphatic rings. The minimum Gasteiger partial charge on any atom is -0.550 e. The molecular formula is C15H27O2-. The maximum Gasteiger partial charge on any atom is 0.0414 e. The molecule has 0 aromatic heterocycles. The molecule has 0 aliphatic heterocycles. The molecule has 0 atom stereocenters. The molecule has 0 spiro atoms. The minimum atomic E-state index is -0.917. The minimum absolute atomic E-state index is 0.220. The Bertz CT molecular complexity index is 197. The Morgan fingerprint density at radius 3 is 2.00 bits per heavy atom. The van der Waals surface area contributed by atoms with Crippen LogP contribution in [0.3, 0.4) is 0 Å². The molecule has 0 amide bonds. The van der Waals surface area contributed by atoms with Gasteiger partial charge >= 0.3 is 0 Å². The lowest BCUT2D eigenvalue weighted by molar-refractivity contribution is -0.305. The van der Waals surface area contributed by atoms with E-state index in [0.29, 0.717) is 0 Å². The third-order valence-corrected chi connectivity index (χ3v) is 2.89. The average molecular weight is 239 g/mol. The van der Waals surface area contributed by atoms with E-state index in [0.717, 1.165) is 19.3 Å². The van der Waals surface area contributed by atoms with Crippen molar-refractivity contribution in [1.29, 1.82) is 0 Å². The summed E-state index contributed by atoms with van der Waals surface area (Å²) in [5.41, 5.74) is 0. The molecule has 0 saturated heterocycles. The van der Waals surface area contributed by atoms with E-state index in [1.807, 2.05) is 0 Å². The van der Waals surface area contributed by atoms with Gasteiger partial charge in [-0.15, -0.1) is 0 Å². The number of hydrogen-bond donors (Lipinski definition) is 0. The fourth-order valence-corrected chi connectivity index (χ4v) is 1.81. The van der Waals surface area contributed by atoms with Crippen molar-refractivity contribution in [2.45, 2.75) is 77.6 Å². The highest BCUT2D eigenvalue weighted by Crippen LogP contribution is 2.08. The molecule has 0 aromatic carbocycles. The number of carbonyl (C=O) groups is 1. The van der Waals surface area contributed by atoms with Gasteiger partial charge in [0.15, 0.2) is 0 Å². The fraction of sp³-hybridized carbons (Fsp3) is 0.800. The van der Waals surface area contributed by atoms with E-state index in [-0.39, 0.29) is 6.42 Å². The van der Waals surface area contributed by atoms with Crippen LogP contribution >= 0.6 is 0 Å². The monoisotopic (exact) mass is 239 g/mol. The van der Waals surface area contributed by atoms with Gasteiger partial charge in [-0.1, -0.05) is 51.2 Å². The standard InChI is InChI=1S/C15H28O2/c1-2-3-4-5-6-7-8-9-10-11-12-13-14-15(16)17/h6-7H,2-5,8-14H2,1H3,(H,16,17)/p-1/b7-6-. The van der Waals surface area contributed by atoms with Crippen molar-refractivity contribution >= 4 is 5.97 Å². The number of hydrogen-bond acceptors (Lipinski definition) is 2. The zero-order valence-electron chi connectivity index (χ0n) is 11.2. The number of allylic oxidation sites excluding steroid dienone is 2. The second-order valence-corrected chi connectivity index (χ2v) is 4.65. The SMILES string of the molecule is CCCCC/C=C\CCCCCCCC(=O)[O-]. The van der Waals surface area contributed by atoms with Gasteiger partial charge in [0.2, 0.25) is 0 Å². The predicted molar refractivity (Wildman–Crippen MR) is 70.6 cm³/mol. The largest absolute Gasteiger partial charge is 0.550 e. The smallest absolute Gasteiger partial charge is 0.0414 e. The lowest BCUT2D eigenvalue weighted by Gasteiger charge is -2.01. The molecule has 0 radical (unpaired) electrons. The summed E-state index contributed by atoms with van der Waals surface area (Å²) in [6.07, 6.45) is 16.5. The molecule has 0 rings (SSSR count). The zero-order chi connectivity index (χ0) is 12.8. The van der Waals surface area contributed by atoms with Crippen molar-refractivity contribution in [3.8, 4) is 0 Å². The van der Waals surface area contributed by atoms with Crippen molar-refractivity contribution in [3.05, 3.63) is 12.2 Å². The molecule has 0 heterocycles. The number of carboxylic acid groups (broad SMARTS) is 1. The molecule has 0 N–H and O–H groups in total. The molecule has 17 heavy (non-hydrogen) atoms. The summed E-state index contributed by atoms with van der Waals surface area (Å²) in [4.78, 5) is 10.2. The van der Waals surface area contributed by atoms with Gasteiger partial charge in [0.05, 0.1) is 0 Å². The third-order valence-electron chi connectivity index (χ3n) is 2.89. The van der Waals surface area contributed by atoms with E-state index in [9.17, 15) is 9.90 Å². The van der Waals surface area contributed by atoms with Crippen LogP contribution in [0.5, 0.6) is 0 Å². The first kappa shape index (κ1) is 16.2. The average Bonchev–Trinajstić information content (AvgIpc) is 2.30. The fourth-order valence-electron chi connectivity index (χ4n) is 1.81. The van der Waals surface area contributed by atoms with Crippen molar-refractivity contribution in [2.75, 3.05) is 0 Å². The quantitative estimate of drug-likeness (QED) is 0.385. The molecule has 0 aromatic rings. The van der Waals surface area contributed by atoms with Crippen LogP contribution in [0.25, 0.3) is 0 Å². The van der Waals surface area contributed by atoms with E-state index in [2.05, 4.69) is 19.1 Å². The van der Waals surface area contributed by atoms with Crippen LogP contribution < -0.4 is 5.11 Å². The summed E-state index contributed by atoms with van der Waals surface area (Å²) in [5.74, 6) is -0.917. The predicted octanol–water partition coefficient (Wildman–Crippen LogP) is 3.60.